The molecule has 150 valence electrons. The maximum absolute atomic E-state index is 13.1. The number of hydrogen-bond donors (Lipinski definition) is 0. The third kappa shape index (κ3) is 5.97. The van der Waals surface area contributed by atoms with Gasteiger partial charge in [-0.3, -0.25) is 4.79 Å². The molecule has 2 fully saturated rings. The monoisotopic (exact) mass is 372 g/mol. The van der Waals surface area contributed by atoms with E-state index in [0.717, 1.165) is 43.7 Å². The van der Waals surface area contributed by atoms with Gasteiger partial charge in [0.25, 0.3) is 5.91 Å². The zero-order valence-electron chi connectivity index (χ0n) is 17.2. The number of likely N-dealkylation sites (tertiary alicyclic amines) is 2. The molecule has 0 radical (unpaired) electrons. The van der Waals surface area contributed by atoms with E-state index in [9.17, 15) is 4.79 Å². The van der Waals surface area contributed by atoms with Crippen molar-refractivity contribution in [2.45, 2.75) is 77.4 Å². The van der Waals surface area contributed by atoms with E-state index in [-0.39, 0.29) is 12.0 Å². The first-order chi connectivity index (χ1) is 13.1. The van der Waals surface area contributed by atoms with Gasteiger partial charge in [0.1, 0.15) is 5.75 Å². The van der Waals surface area contributed by atoms with Crippen LogP contribution in [0, 0.1) is 0 Å². The summed E-state index contributed by atoms with van der Waals surface area (Å²) < 4.78 is 5.70. The number of rotatable bonds is 6. The molecule has 0 N–H and O–H groups in total. The van der Waals surface area contributed by atoms with Crippen LogP contribution in [-0.2, 0) is 0 Å². The minimum absolute atomic E-state index is 0.150. The van der Waals surface area contributed by atoms with Crippen LogP contribution in [-0.4, -0.2) is 54.0 Å². The Morgan fingerprint density at radius 3 is 2.33 bits per heavy atom. The largest absolute Gasteiger partial charge is 0.491 e. The lowest BCUT2D eigenvalue weighted by molar-refractivity contribution is 0.0584. The number of piperidine rings is 1. The molecule has 2 aliphatic heterocycles. The highest BCUT2D eigenvalue weighted by molar-refractivity contribution is 5.94. The Bertz CT molecular complexity index is 577. The lowest BCUT2D eigenvalue weighted by atomic mass is 9.97. The van der Waals surface area contributed by atoms with Gasteiger partial charge in [-0.25, -0.2) is 0 Å². The molecule has 4 nitrogen and oxygen atoms in total. The molecule has 0 saturated carbocycles. The van der Waals surface area contributed by atoms with Gasteiger partial charge in [0.05, 0.1) is 6.10 Å². The summed E-state index contributed by atoms with van der Waals surface area (Å²) in [5.41, 5.74) is 0.785. The van der Waals surface area contributed by atoms with Crippen molar-refractivity contribution >= 4 is 5.91 Å². The maximum atomic E-state index is 13.1. The quantitative estimate of drug-likeness (QED) is 0.723. The summed E-state index contributed by atoms with van der Waals surface area (Å²) in [7, 11) is 0. The van der Waals surface area contributed by atoms with Gasteiger partial charge in [-0.1, -0.05) is 12.8 Å². The third-order valence-corrected chi connectivity index (χ3v) is 5.84. The van der Waals surface area contributed by atoms with Crippen molar-refractivity contribution in [1.29, 1.82) is 0 Å². The second-order valence-electron chi connectivity index (χ2n) is 8.38. The second kappa shape index (κ2) is 10.1. The molecule has 2 aliphatic rings. The van der Waals surface area contributed by atoms with Crippen LogP contribution in [0.4, 0.5) is 0 Å². The molecule has 4 heteroatoms. The first-order valence-electron chi connectivity index (χ1n) is 10.9. The maximum Gasteiger partial charge on any atom is 0.254 e. The highest BCUT2D eigenvalue weighted by Crippen LogP contribution is 2.24. The fraction of sp³-hybridized carbons (Fsp3) is 0.696. The Balaban J connectivity index is 1.59. The Labute approximate surface area is 164 Å². The number of carbonyl (C=O) groups is 1. The summed E-state index contributed by atoms with van der Waals surface area (Å²) in [4.78, 5) is 17.9. The summed E-state index contributed by atoms with van der Waals surface area (Å²) in [6, 6.07) is 8.06. The van der Waals surface area contributed by atoms with E-state index in [1.165, 1.54) is 45.2 Å². The molecule has 1 aromatic carbocycles. The number of amides is 1. The molecule has 1 atom stereocenters. The first-order valence-corrected chi connectivity index (χ1v) is 10.9. The predicted molar refractivity (Wildman–Crippen MR) is 110 cm³/mol. The molecular weight excluding hydrogens is 336 g/mol. The van der Waals surface area contributed by atoms with Crippen molar-refractivity contribution in [1.82, 2.24) is 9.80 Å². The molecule has 0 bridgehead atoms. The van der Waals surface area contributed by atoms with E-state index in [4.69, 9.17) is 4.74 Å². The average molecular weight is 373 g/mol. The number of nitrogens with zero attached hydrogens (tertiary/aromatic N) is 2. The topological polar surface area (TPSA) is 32.8 Å². The summed E-state index contributed by atoms with van der Waals surface area (Å²) in [5, 5.41) is 0. The number of carbonyl (C=O) groups excluding carboxylic acids is 1. The third-order valence-electron chi connectivity index (χ3n) is 5.84. The van der Waals surface area contributed by atoms with Crippen LogP contribution in [0.15, 0.2) is 24.3 Å². The molecule has 0 spiro atoms. The molecule has 27 heavy (non-hydrogen) atoms. The van der Waals surface area contributed by atoms with E-state index in [1.54, 1.807) is 0 Å². The molecule has 3 rings (SSSR count). The molecule has 2 saturated heterocycles. The van der Waals surface area contributed by atoms with Gasteiger partial charge in [-0.15, -0.1) is 0 Å². The van der Waals surface area contributed by atoms with E-state index in [2.05, 4.69) is 9.80 Å². The van der Waals surface area contributed by atoms with E-state index < -0.39 is 0 Å². The van der Waals surface area contributed by atoms with Crippen LogP contribution >= 0.6 is 0 Å². The number of hydrogen-bond acceptors (Lipinski definition) is 3. The molecule has 1 aromatic rings. The van der Waals surface area contributed by atoms with Gasteiger partial charge in [-0.2, -0.15) is 0 Å². The van der Waals surface area contributed by atoms with Crippen molar-refractivity contribution in [2.75, 3.05) is 26.2 Å². The van der Waals surface area contributed by atoms with Crippen LogP contribution in [0.3, 0.4) is 0 Å². The van der Waals surface area contributed by atoms with Crippen molar-refractivity contribution in [3.8, 4) is 5.75 Å². The first kappa shape index (κ1) is 20.2. The van der Waals surface area contributed by atoms with Gasteiger partial charge in [-0.05, 0) is 89.7 Å². The van der Waals surface area contributed by atoms with Crippen LogP contribution in [0.2, 0.25) is 0 Å². The Morgan fingerprint density at radius 2 is 1.67 bits per heavy atom. The summed E-state index contributed by atoms with van der Waals surface area (Å²) in [6.45, 7) is 8.53. The van der Waals surface area contributed by atoms with Crippen molar-refractivity contribution in [3.63, 3.8) is 0 Å². The van der Waals surface area contributed by atoms with Gasteiger partial charge in [0.2, 0.25) is 0 Å². The van der Waals surface area contributed by atoms with Gasteiger partial charge >= 0.3 is 0 Å². The van der Waals surface area contributed by atoms with Crippen molar-refractivity contribution < 1.29 is 9.53 Å². The zero-order chi connectivity index (χ0) is 19.1. The fourth-order valence-electron chi connectivity index (χ4n) is 4.37. The lowest BCUT2D eigenvalue weighted by Crippen LogP contribution is -2.45. The molecule has 0 unspecified atom stereocenters. The van der Waals surface area contributed by atoms with Crippen molar-refractivity contribution in [3.05, 3.63) is 29.8 Å². The Kier molecular flexibility index (Phi) is 7.57. The zero-order valence-corrected chi connectivity index (χ0v) is 17.2. The smallest absolute Gasteiger partial charge is 0.254 e. The van der Waals surface area contributed by atoms with Crippen molar-refractivity contribution in [2.24, 2.45) is 0 Å². The van der Waals surface area contributed by atoms with E-state index in [0.29, 0.717) is 6.04 Å². The SMILES string of the molecule is CC(C)Oc1ccc(C(=O)N2CCCC[C@@H]2CCN2CCCCCC2)cc1. The molecule has 0 aromatic heterocycles. The summed E-state index contributed by atoms with van der Waals surface area (Å²) in [5.74, 6) is 1.02. The van der Waals surface area contributed by atoms with Gasteiger partial charge in [0.15, 0.2) is 0 Å². The Hall–Kier alpha value is -1.55. The van der Waals surface area contributed by atoms with Gasteiger partial charge < -0.3 is 14.5 Å². The molecule has 2 heterocycles. The molecule has 1 amide bonds. The minimum Gasteiger partial charge on any atom is -0.491 e. The van der Waals surface area contributed by atoms with E-state index in [1.807, 2.05) is 38.1 Å². The predicted octanol–water partition coefficient (Wildman–Crippen LogP) is 4.73. The minimum atomic E-state index is 0.150. The normalized spacial score (nSPS) is 21.9. The summed E-state index contributed by atoms with van der Waals surface area (Å²) >= 11 is 0. The van der Waals surface area contributed by atoms with Crippen LogP contribution in [0.25, 0.3) is 0 Å². The lowest BCUT2D eigenvalue weighted by Gasteiger charge is -2.37. The van der Waals surface area contributed by atoms with E-state index >= 15 is 0 Å². The van der Waals surface area contributed by atoms with Crippen LogP contribution < -0.4 is 4.74 Å². The van der Waals surface area contributed by atoms with Crippen LogP contribution in [0.1, 0.15) is 75.6 Å². The highest BCUT2D eigenvalue weighted by Gasteiger charge is 2.27. The summed E-state index contributed by atoms with van der Waals surface area (Å²) in [6.07, 6.45) is 10.2. The Morgan fingerprint density at radius 1 is 1.00 bits per heavy atom. The molecular formula is C23H36N2O2. The second-order valence-corrected chi connectivity index (χ2v) is 8.38. The fourth-order valence-corrected chi connectivity index (χ4v) is 4.37. The highest BCUT2D eigenvalue weighted by atomic mass is 16.5. The average Bonchev–Trinajstić information content (AvgIpc) is 2.95. The molecule has 0 aliphatic carbocycles. The number of ether oxygens (including phenoxy) is 1. The number of benzene rings is 1. The van der Waals surface area contributed by atoms with Gasteiger partial charge in [0, 0.05) is 24.7 Å². The van der Waals surface area contributed by atoms with Crippen LogP contribution in [0.5, 0.6) is 5.75 Å². The standard InChI is InChI=1S/C23H36N2O2/c1-19(2)27-22-12-10-20(11-13-22)23(26)25-17-8-5-9-21(25)14-18-24-15-6-3-4-7-16-24/h10-13,19,21H,3-9,14-18H2,1-2H3/t21-/m1/s1.